The number of nitrogens with one attached hydrogen (secondary N) is 1. The van der Waals surface area contributed by atoms with Gasteiger partial charge in [0.15, 0.2) is 11.5 Å². The Morgan fingerprint density at radius 1 is 1.22 bits per heavy atom. The van der Waals surface area contributed by atoms with Crippen LogP contribution in [0.3, 0.4) is 0 Å². The number of imidazole rings is 1. The minimum absolute atomic E-state index is 0.0810. The van der Waals surface area contributed by atoms with Gasteiger partial charge in [-0.1, -0.05) is 11.6 Å². The molecule has 3 aromatic rings. The second kappa shape index (κ2) is 9.72. The topological polar surface area (TPSA) is 127 Å². The maximum atomic E-state index is 12.6. The van der Waals surface area contributed by atoms with Crippen LogP contribution < -0.4 is 21.1 Å². The molecule has 32 heavy (non-hydrogen) atoms. The maximum absolute atomic E-state index is 12.6. The number of pyridine rings is 1. The van der Waals surface area contributed by atoms with E-state index in [0.29, 0.717) is 22.8 Å². The summed E-state index contributed by atoms with van der Waals surface area (Å²) in [5.74, 6) is 0.897. The number of H-pyrrole nitrogens is 1. The number of hydrogen-bond acceptors (Lipinski definition) is 9. The van der Waals surface area contributed by atoms with Gasteiger partial charge in [0.1, 0.15) is 17.9 Å². The van der Waals surface area contributed by atoms with Crippen molar-refractivity contribution in [2.45, 2.75) is 13.0 Å². The van der Waals surface area contributed by atoms with Crippen LogP contribution in [0.1, 0.15) is 12.0 Å². The molecule has 1 aliphatic rings. The normalized spacial score (nSPS) is 15.3. The molecule has 3 aromatic heterocycles. The molecule has 0 saturated carbocycles. The minimum atomic E-state index is -0.356. The van der Waals surface area contributed by atoms with Gasteiger partial charge in [-0.15, -0.1) is 0 Å². The molecule has 11 nitrogen and oxygen atoms in total. The van der Waals surface area contributed by atoms with Crippen molar-refractivity contribution in [1.29, 1.82) is 0 Å². The van der Waals surface area contributed by atoms with Crippen LogP contribution >= 0.6 is 11.6 Å². The molecule has 12 heteroatoms. The summed E-state index contributed by atoms with van der Waals surface area (Å²) >= 11 is 6.58. The predicted molar refractivity (Wildman–Crippen MR) is 123 cm³/mol. The SMILES string of the molecule is COCCOc1nc(N)c2[nH]c(=O)n(Cc3cnc(N4CCCN(C)CC4)c(Cl)c3)c2n1. The fraction of sp³-hybridized carbons (Fsp3) is 0.500. The summed E-state index contributed by atoms with van der Waals surface area (Å²) in [6.07, 6.45) is 2.79. The number of halogens is 1. The minimum Gasteiger partial charge on any atom is -0.461 e. The number of nitrogen functional groups attached to an aromatic ring is 1. The number of rotatable bonds is 7. The molecule has 0 aliphatic carbocycles. The second-order valence-corrected chi connectivity index (χ2v) is 8.15. The first-order valence-electron chi connectivity index (χ1n) is 10.4. The van der Waals surface area contributed by atoms with E-state index in [1.165, 1.54) is 4.57 Å². The van der Waals surface area contributed by atoms with E-state index in [-0.39, 0.29) is 30.7 Å². The third-order valence-electron chi connectivity index (χ3n) is 5.39. The molecule has 0 atom stereocenters. The van der Waals surface area contributed by atoms with Crippen molar-refractivity contribution in [3.63, 3.8) is 0 Å². The van der Waals surface area contributed by atoms with Crippen molar-refractivity contribution in [3.8, 4) is 6.01 Å². The summed E-state index contributed by atoms with van der Waals surface area (Å²) < 4.78 is 11.9. The highest BCUT2D eigenvalue weighted by Crippen LogP contribution is 2.26. The van der Waals surface area contributed by atoms with Gasteiger partial charge >= 0.3 is 11.7 Å². The van der Waals surface area contributed by atoms with Crippen molar-refractivity contribution in [3.05, 3.63) is 33.3 Å². The summed E-state index contributed by atoms with van der Waals surface area (Å²) in [7, 11) is 3.69. The van der Waals surface area contributed by atoms with Crippen molar-refractivity contribution >= 4 is 34.4 Å². The summed E-state index contributed by atoms with van der Waals surface area (Å²) in [5.41, 5.74) is 7.13. The standard InChI is InChI=1S/C20H27ClN8O3/c1-27-4-3-5-28(7-6-27)17-14(21)10-13(11-23-17)12-29-18-15(24-20(29)30)16(22)25-19(26-18)32-9-8-31-2/h10-11H,3-9,12H2,1-2H3,(H,24,30)(H2,22,25,26). The lowest BCUT2D eigenvalue weighted by molar-refractivity contribution is 0.141. The Labute approximate surface area is 190 Å². The molecule has 0 unspecified atom stereocenters. The van der Waals surface area contributed by atoms with Crippen LogP contribution in [-0.4, -0.2) is 83.0 Å². The second-order valence-electron chi connectivity index (χ2n) is 7.74. The average Bonchev–Trinajstić information content (AvgIpc) is 2.92. The van der Waals surface area contributed by atoms with E-state index in [4.69, 9.17) is 26.8 Å². The van der Waals surface area contributed by atoms with Crippen molar-refractivity contribution in [2.24, 2.45) is 0 Å². The van der Waals surface area contributed by atoms with E-state index in [2.05, 4.69) is 36.8 Å². The number of nitrogens with two attached hydrogens (primary N) is 1. The van der Waals surface area contributed by atoms with Gasteiger partial charge in [-0.05, 0) is 31.6 Å². The number of methoxy groups -OCH3 is 1. The molecule has 4 heterocycles. The lowest BCUT2D eigenvalue weighted by Gasteiger charge is -2.23. The highest BCUT2D eigenvalue weighted by atomic mass is 35.5. The van der Waals surface area contributed by atoms with Crippen LogP contribution in [0.25, 0.3) is 11.2 Å². The molecule has 3 N–H and O–H groups in total. The smallest absolute Gasteiger partial charge is 0.328 e. The summed E-state index contributed by atoms with van der Waals surface area (Å²) in [5, 5.41) is 0.553. The van der Waals surface area contributed by atoms with Gasteiger partial charge in [-0.3, -0.25) is 4.57 Å². The van der Waals surface area contributed by atoms with E-state index >= 15 is 0 Å². The van der Waals surface area contributed by atoms with E-state index in [9.17, 15) is 4.79 Å². The zero-order chi connectivity index (χ0) is 22.7. The van der Waals surface area contributed by atoms with Gasteiger partial charge in [0.05, 0.1) is 18.2 Å². The van der Waals surface area contributed by atoms with E-state index in [0.717, 1.165) is 44.0 Å². The maximum Gasteiger partial charge on any atom is 0.328 e. The van der Waals surface area contributed by atoms with Crippen LogP contribution in [-0.2, 0) is 11.3 Å². The molecule has 0 radical (unpaired) electrons. The molecule has 1 aliphatic heterocycles. The summed E-state index contributed by atoms with van der Waals surface area (Å²) in [4.78, 5) is 32.8. The molecule has 1 fully saturated rings. The van der Waals surface area contributed by atoms with Gasteiger partial charge in [-0.2, -0.15) is 9.97 Å². The van der Waals surface area contributed by atoms with Crippen LogP contribution in [0.15, 0.2) is 17.1 Å². The molecule has 1 saturated heterocycles. The molecule has 0 bridgehead atoms. The lowest BCUT2D eigenvalue weighted by atomic mass is 10.2. The summed E-state index contributed by atoms with van der Waals surface area (Å²) in [6.45, 7) is 4.65. The summed E-state index contributed by atoms with van der Waals surface area (Å²) in [6, 6.07) is 1.92. The molecule has 4 rings (SSSR count). The average molecular weight is 463 g/mol. The monoisotopic (exact) mass is 462 g/mol. The van der Waals surface area contributed by atoms with Crippen molar-refractivity contribution in [1.82, 2.24) is 29.4 Å². The number of fused-ring (bicyclic) bond motifs is 1. The van der Waals surface area contributed by atoms with E-state index < -0.39 is 0 Å². The number of aromatic amines is 1. The third-order valence-corrected chi connectivity index (χ3v) is 5.67. The van der Waals surface area contributed by atoms with Crippen LogP contribution in [0.5, 0.6) is 6.01 Å². The number of likely N-dealkylation sites (N-methyl/N-ethyl adjacent to an activating group) is 1. The zero-order valence-corrected chi connectivity index (χ0v) is 18.9. The van der Waals surface area contributed by atoms with Crippen molar-refractivity contribution < 1.29 is 9.47 Å². The Balaban J connectivity index is 1.59. The van der Waals surface area contributed by atoms with Gasteiger partial charge in [0, 0.05) is 32.9 Å². The largest absolute Gasteiger partial charge is 0.461 e. The van der Waals surface area contributed by atoms with Crippen LogP contribution in [0.4, 0.5) is 11.6 Å². The number of anilines is 2. The van der Waals surface area contributed by atoms with Gasteiger partial charge in [0.2, 0.25) is 0 Å². The van der Waals surface area contributed by atoms with Gasteiger partial charge < -0.3 is 30.0 Å². The Bertz CT molecular complexity index is 1150. The molecular weight excluding hydrogens is 436 g/mol. The van der Waals surface area contributed by atoms with Crippen molar-refractivity contribution in [2.75, 3.05) is 64.2 Å². The Morgan fingerprint density at radius 2 is 2.06 bits per heavy atom. The number of nitrogens with zero attached hydrogens (tertiary/aromatic N) is 6. The molecule has 0 spiro atoms. The first kappa shape index (κ1) is 22.3. The highest BCUT2D eigenvalue weighted by molar-refractivity contribution is 6.33. The predicted octanol–water partition coefficient (Wildman–Crippen LogP) is 0.966. The first-order valence-corrected chi connectivity index (χ1v) is 10.8. The van der Waals surface area contributed by atoms with Gasteiger partial charge in [-0.25, -0.2) is 9.78 Å². The lowest BCUT2D eigenvalue weighted by Crippen LogP contribution is -2.29. The third kappa shape index (κ3) is 4.79. The van der Waals surface area contributed by atoms with E-state index in [1.807, 2.05) is 6.07 Å². The quantitative estimate of drug-likeness (QED) is 0.493. The number of ether oxygens (including phenoxy) is 2. The number of aromatic nitrogens is 5. The van der Waals surface area contributed by atoms with Crippen LogP contribution in [0, 0.1) is 0 Å². The Morgan fingerprint density at radius 3 is 2.84 bits per heavy atom. The fourth-order valence-corrected chi connectivity index (χ4v) is 4.00. The molecule has 0 aromatic carbocycles. The number of hydrogen-bond donors (Lipinski definition) is 2. The van der Waals surface area contributed by atoms with Gasteiger partial charge in [0.25, 0.3) is 0 Å². The Kier molecular flexibility index (Phi) is 6.77. The van der Waals surface area contributed by atoms with E-state index in [1.54, 1.807) is 13.3 Å². The fourth-order valence-electron chi connectivity index (χ4n) is 3.69. The zero-order valence-electron chi connectivity index (χ0n) is 18.2. The molecular formula is C20H27ClN8O3. The Hall–Kier alpha value is -2.89. The first-order chi connectivity index (χ1) is 15.5. The van der Waals surface area contributed by atoms with Crippen LogP contribution in [0.2, 0.25) is 5.02 Å². The molecule has 172 valence electrons. The molecule has 0 amide bonds. The highest BCUT2D eigenvalue weighted by Gasteiger charge is 2.18.